The third kappa shape index (κ3) is 3.51. The zero-order valence-electron chi connectivity index (χ0n) is 9.27. The van der Waals surface area contributed by atoms with Gasteiger partial charge in [-0.25, -0.2) is 0 Å². The Hall–Kier alpha value is -1.10. The zero-order chi connectivity index (χ0) is 11.4. The molecule has 0 bridgehead atoms. The largest absolute Gasteiger partial charge is 0.481 e. The molecule has 0 aromatic rings. The highest BCUT2D eigenvalue weighted by molar-refractivity contribution is 5.78. The second kappa shape index (κ2) is 5.11. The van der Waals surface area contributed by atoms with Crippen LogP contribution in [0.4, 0.5) is 0 Å². The Bertz CT molecular complexity index is 249. The fourth-order valence-corrected chi connectivity index (χ4v) is 1.67. The van der Waals surface area contributed by atoms with E-state index in [1.165, 1.54) is 0 Å². The van der Waals surface area contributed by atoms with Gasteiger partial charge in [0.25, 0.3) is 0 Å². The van der Waals surface area contributed by atoms with Crippen molar-refractivity contribution in [2.24, 2.45) is 5.92 Å². The van der Waals surface area contributed by atoms with Gasteiger partial charge in [0.1, 0.15) is 0 Å². The Morgan fingerprint density at radius 1 is 1.47 bits per heavy atom. The molecule has 0 aromatic heterocycles. The Labute approximate surface area is 89.7 Å². The molecule has 0 atom stereocenters. The van der Waals surface area contributed by atoms with Gasteiger partial charge >= 0.3 is 5.97 Å². The monoisotopic (exact) mass is 214 g/mol. The molecular formula is C10H18N2O3. The molecule has 1 saturated heterocycles. The molecule has 1 amide bonds. The van der Waals surface area contributed by atoms with Crippen LogP contribution in [0.5, 0.6) is 0 Å². The predicted octanol–water partition coefficient (Wildman–Crippen LogP) is -0.129. The van der Waals surface area contributed by atoms with Gasteiger partial charge in [0.2, 0.25) is 5.91 Å². The number of carboxylic acid groups (broad SMARTS) is 1. The van der Waals surface area contributed by atoms with Crippen LogP contribution in [0.3, 0.4) is 0 Å². The van der Waals surface area contributed by atoms with E-state index in [0.717, 1.165) is 13.1 Å². The van der Waals surface area contributed by atoms with Crippen LogP contribution < -0.4 is 0 Å². The molecule has 0 spiro atoms. The first kappa shape index (κ1) is 12.0. The topological polar surface area (TPSA) is 60.9 Å². The van der Waals surface area contributed by atoms with Gasteiger partial charge in [-0.15, -0.1) is 0 Å². The molecule has 0 saturated carbocycles. The van der Waals surface area contributed by atoms with E-state index >= 15 is 0 Å². The van der Waals surface area contributed by atoms with E-state index in [2.05, 4.69) is 0 Å². The van der Waals surface area contributed by atoms with Crippen LogP contribution in [0.15, 0.2) is 0 Å². The summed E-state index contributed by atoms with van der Waals surface area (Å²) >= 11 is 0. The first-order valence-electron chi connectivity index (χ1n) is 5.21. The normalized spacial score (nSPS) is 17.2. The van der Waals surface area contributed by atoms with Crippen LogP contribution in [0.1, 0.15) is 13.3 Å². The quantitative estimate of drug-likeness (QED) is 0.692. The molecule has 1 heterocycles. The van der Waals surface area contributed by atoms with Gasteiger partial charge in [-0.1, -0.05) is 0 Å². The van der Waals surface area contributed by atoms with Gasteiger partial charge in [-0.3, -0.25) is 14.5 Å². The van der Waals surface area contributed by atoms with E-state index in [9.17, 15) is 9.59 Å². The zero-order valence-corrected chi connectivity index (χ0v) is 9.27. The number of nitrogens with zero attached hydrogens (tertiary/aromatic N) is 2. The lowest BCUT2D eigenvalue weighted by Crippen LogP contribution is -2.51. The average molecular weight is 214 g/mol. The number of likely N-dealkylation sites (N-methyl/N-ethyl adjacent to an activating group) is 1. The molecule has 1 N–H and O–H groups in total. The molecule has 15 heavy (non-hydrogen) atoms. The SMILES string of the molecule is CCN(C)C(=O)CN1CC(CC(=O)O)C1. The van der Waals surface area contributed by atoms with Crippen LogP contribution in [-0.4, -0.2) is 60.0 Å². The smallest absolute Gasteiger partial charge is 0.303 e. The van der Waals surface area contributed by atoms with E-state index in [0.29, 0.717) is 13.1 Å². The van der Waals surface area contributed by atoms with Crippen molar-refractivity contribution in [3.05, 3.63) is 0 Å². The molecule has 0 aliphatic carbocycles. The van der Waals surface area contributed by atoms with E-state index < -0.39 is 5.97 Å². The van der Waals surface area contributed by atoms with Gasteiger partial charge in [0, 0.05) is 26.7 Å². The number of carbonyl (C=O) groups excluding carboxylic acids is 1. The summed E-state index contributed by atoms with van der Waals surface area (Å²) in [7, 11) is 1.77. The number of hydrogen-bond acceptors (Lipinski definition) is 3. The van der Waals surface area contributed by atoms with Crippen LogP contribution in [0.25, 0.3) is 0 Å². The summed E-state index contributed by atoms with van der Waals surface area (Å²) in [5.41, 5.74) is 0. The van der Waals surface area contributed by atoms with Crippen molar-refractivity contribution in [1.82, 2.24) is 9.80 Å². The summed E-state index contributed by atoms with van der Waals surface area (Å²) in [6.07, 6.45) is 0.217. The minimum Gasteiger partial charge on any atom is -0.481 e. The molecule has 5 nitrogen and oxygen atoms in total. The van der Waals surface area contributed by atoms with Gasteiger partial charge in [-0.2, -0.15) is 0 Å². The lowest BCUT2D eigenvalue weighted by Gasteiger charge is -2.38. The van der Waals surface area contributed by atoms with E-state index in [4.69, 9.17) is 5.11 Å². The second-order valence-electron chi connectivity index (χ2n) is 4.07. The number of amides is 1. The number of carbonyl (C=O) groups is 2. The molecule has 1 rings (SSSR count). The minimum absolute atomic E-state index is 0.103. The number of hydrogen-bond donors (Lipinski definition) is 1. The fraction of sp³-hybridized carbons (Fsp3) is 0.800. The van der Waals surface area contributed by atoms with Gasteiger partial charge in [0.05, 0.1) is 13.0 Å². The highest BCUT2D eigenvalue weighted by Gasteiger charge is 2.30. The summed E-state index contributed by atoms with van der Waals surface area (Å²) in [6.45, 7) is 4.53. The first-order valence-corrected chi connectivity index (χ1v) is 5.21. The highest BCUT2D eigenvalue weighted by Crippen LogP contribution is 2.18. The van der Waals surface area contributed by atoms with Crippen molar-refractivity contribution in [2.45, 2.75) is 13.3 Å². The molecule has 1 aliphatic heterocycles. The maximum Gasteiger partial charge on any atom is 0.303 e. The van der Waals surface area contributed by atoms with Crippen molar-refractivity contribution in [1.29, 1.82) is 0 Å². The molecule has 86 valence electrons. The number of carboxylic acids is 1. The third-order valence-electron chi connectivity index (χ3n) is 2.76. The lowest BCUT2D eigenvalue weighted by atomic mass is 9.96. The second-order valence-corrected chi connectivity index (χ2v) is 4.07. The minimum atomic E-state index is -0.753. The Balaban J connectivity index is 2.17. The van der Waals surface area contributed by atoms with E-state index in [1.807, 2.05) is 11.8 Å². The summed E-state index contributed by atoms with van der Waals surface area (Å²) in [5, 5.41) is 8.55. The highest BCUT2D eigenvalue weighted by atomic mass is 16.4. The molecule has 0 unspecified atom stereocenters. The van der Waals surface area contributed by atoms with Crippen LogP contribution in [0.2, 0.25) is 0 Å². The summed E-state index contributed by atoms with van der Waals surface area (Å²) in [6, 6.07) is 0. The molecule has 0 aromatic carbocycles. The van der Waals surface area contributed by atoms with Crippen molar-refractivity contribution >= 4 is 11.9 Å². The van der Waals surface area contributed by atoms with Crippen molar-refractivity contribution in [3.8, 4) is 0 Å². The van der Waals surface area contributed by atoms with Gasteiger partial charge < -0.3 is 10.0 Å². The van der Waals surface area contributed by atoms with Gasteiger partial charge in [-0.05, 0) is 12.8 Å². The first-order chi connectivity index (χ1) is 7.02. The molecule has 5 heteroatoms. The summed E-state index contributed by atoms with van der Waals surface area (Å²) < 4.78 is 0. The molecule has 1 fully saturated rings. The fourth-order valence-electron chi connectivity index (χ4n) is 1.67. The Morgan fingerprint density at radius 3 is 2.53 bits per heavy atom. The molecule has 0 radical (unpaired) electrons. The number of likely N-dealkylation sites (tertiary alicyclic amines) is 1. The van der Waals surface area contributed by atoms with Crippen molar-refractivity contribution < 1.29 is 14.7 Å². The third-order valence-corrected chi connectivity index (χ3v) is 2.76. The van der Waals surface area contributed by atoms with E-state index in [-0.39, 0.29) is 18.2 Å². The summed E-state index contributed by atoms with van der Waals surface area (Å²) in [4.78, 5) is 25.5. The Kier molecular flexibility index (Phi) is 4.08. The van der Waals surface area contributed by atoms with Crippen LogP contribution in [-0.2, 0) is 9.59 Å². The average Bonchev–Trinajstić information content (AvgIpc) is 2.12. The predicted molar refractivity (Wildman–Crippen MR) is 55.5 cm³/mol. The van der Waals surface area contributed by atoms with Gasteiger partial charge in [0.15, 0.2) is 0 Å². The van der Waals surface area contributed by atoms with Crippen molar-refractivity contribution in [2.75, 3.05) is 33.2 Å². The Morgan fingerprint density at radius 2 is 2.07 bits per heavy atom. The lowest BCUT2D eigenvalue weighted by molar-refractivity contribution is -0.140. The van der Waals surface area contributed by atoms with Crippen LogP contribution >= 0.6 is 0 Å². The van der Waals surface area contributed by atoms with Crippen LogP contribution in [0, 0.1) is 5.92 Å². The maximum atomic E-state index is 11.5. The standard InChI is InChI=1S/C10H18N2O3/c1-3-11(2)9(13)7-12-5-8(6-12)4-10(14)15/h8H,3-7H2,1-2H3,(H,14,15). The maximum absolute atomic E-state index is 11.5. The van der Waals surface area contributed by atoms with E-state index in [1.54, 1.807) is 11.9 Å². The molecular weight excluding hydrogens is 196 g/mol. The van der Waals surface area contributed by atoms with Crippen molar-refractivity contribution in [3.63, 3.8) is 0 Å². The summed E-state index contributed by atoms with van der Waals surface area (Å²) in [5.74, 6) is -0.426. The number of rotatable bonds is 5. The number of aliphatic carboxylic acids is 1. The molecule has 1 aliphatic rings.